The van der Waals surface area contributed by atoms with Crippen LogP contribution in [0.3, 0.4) is 0 Å². The van der Waals surface area contributed by atoms with Crippen molar-refractivity contribution in [1.82, 2.24) is 0 Å². The van der Waals surface area contributed by atoms with Gasteiger partial charge in [0.2, 0.25) is 0 Å². The average molecular weight is 386 g/mol. The van der Waals surface area contributed by atoms with Crippen LogP contribution in [-0.4, -0.2) is 40.6 Å². The molecule has 0 spiro atoms. The standard InChI is InChI=1S/C20H22N2O4S/c1-26-19-12-14-21(20(19)23)16-8-10-17(11-9-16)27(24,25)22-13-4-6-15-5-2-3-7-18(15)22/h2-3,5,7-11,19H,4,6,12-14H2,1H3. The number of benzene rings is 2. The molecule has 2 aliphatic rings. The molecule has 1 fully saturated rings. The van der Waals surface area contributed by atoms with E-state index >= 15 is 0 Å². The molecule has 2 aromatic rings. The van der Waals surface area contributed by atoms with Crippen molar-refractivity contribution < 1.29 is 17.9 Å². The first-order valence-corrected chi connectivity index (χ1v) is 10.5. The minimum Gasteiger partial charge on any atom is -0.372 e. The van der Waals surface area contributed by atoms with Crippen molar-refractivity contribution in [3.8, 4) is 0 Å². The maximum atomic E-state index is 13.2. The van der Waals surface area contributed by atoms with Gasteiger partial charge in [-0.15, -0.1) is 0 Å². The number of amides is 1. The summed E-state index contributed by atoms with van der Waals surface area (Å²) in [7, 11) is -2.11. The van der Waals surface area contributed by atoms with Crippen molar-refractivity contribution in [2.75, 3.05) is 29.4 Å². The Balaban J connectivity index is 1.62. The van der Waals surface area contributed by atoms with E-state index in [-0.39, 0.29) is 10.8 Å². The number of nitrogens with zero attached hydrogens (tertiary/aromatic N) is 2. The van der Waals surface area contributed by atoms with Gasteiger partial charge in [-0.25, -0.2) is 8.42 Å². The third kappa shape index (κ3) is 3.11. The number of carbonyl (C=O) groups excluding carboxylic acids is 1. The number of methoxy groups -OCH3 is 1. The number of aryl methyl sites for hydroxylation is 1. The molecular weight excluding hydrogens is 364 g/mol. The van der Waals surface area contributed by atoms with E-state index in [0.717, 1.165) is 24.1 Å². The maximum absolute atomic E-state index is 13.2. The van der Waals surface area contributed by atoms with E-state index in [9.17, 15) is 13.2 Å². The lowest BCUT2D eigenvalue weighted by Crippen LogP contribution is -2.35. The van der Waals surface area contributed by atoms with Crippen LogP contribution in [0.4, 0.5) is 11.4 Å². The summed E-state index contributed by atoms with van der Waals surface area (Å²) in [5, 5.41) is 0. The fourth-order valence-corrected chi connectivity index (χ4v) is 5.34. The number of fused-ring (bicyclic) bond motifs is 1. The number of anilines is 2. The summed E-state index contributed by atoms with van der Waals surface area (Å²) < 4.78 is 33.0. The zero-order valence-corrected chi connectivity index (χ0v) is 16.0. The van der Waals surface area contributed by atoms with Gasteiger partial charge < -0.3 is 9.64 Å². The van der Waals surface area contributed by atoms with E-state index in [2.05, 4.69) is 0 Å². The molecule has 0 bridgehead atoms. The van der Waals surface area contributed by atoms with Crippen LogP contribution >= 0.6 is 0 Å². The van der Waals surface area contributed by atoms with Gasteiger partial charge in [-0.2, -0.15) is 0 Å². The first-order valence-electron chi connectivity index (χ1n) is 9.07. The molecule has 4 rings (SSSR count). The lowest BCUT2D eigenvalue weighted by atomic mass is 10.0. The van der Waals surface area contributed by atoms with Gasteiger partial charge in [0.1, 0.15) is 6.10 Å². The molecule has 1 atom stereocenters. The second kappa shape index (κ2) is 6.98. The number of sulfonamides is 1. The molecule has 2 aromatic carbocycles. The molecule has 0 N–H and O–H groups in total. The molecule has 2 aliphatic heterocycles. The fourth-order valence-electron chi connectivity index (χ4n) is 3.80. The number of hydrogen-bond acceptors (Lipinski definition) is 4. The minimum absolute atomic E-state index is 0.0851. The SMILES string of the molecule is COC1CCN(c2ccc(S(=O)(=O)N3CCCc4ccccc43)cc2)C1=O. The van der Waals surface area contributed by atoms with Crippen LogP contribution in [0.2, 0.25) is 0 Å². The maximum Gasteiger partial charge on any atom is 0.264 e. The average Bonchev–Trinajstić information content (AvgIpc) is 3.08. The Morgan fingerprint density at radius 3 is 2.48 bits per heavy atom. The highest BCUT2D eigenvalue weighted by Crippen LogP contribution is 2.32. The first-order chi connectivity index (χ1) is 13.0. The van der Waals surface area contributed by atoms with E-state index in [1.54, 1.807) is 29.2 Å². The second-order valence-electron chi connectivity index (χ2n) is 6.81. The molecule has 0 saturated carbocycles. The van der Waals surface area contributed by atoms with E-state index in [1.165, 1.54) is 11.4 Å². The molecule has 142 valence electrons. The van der Waals surface area contributed by atoms with Gasteiger partial charge in [-0.05, 0) is 48.7 Å². The second-order valence-corrected chi connectivity index (χ2v) is 8.67. The Kier molecular flexibility index (Phi) is 4.65. The largest absolute Gasteiger partial charge is 0.372 e. The van der Waals surface area contributed by atoms with E-state index < -0.39 is 16.1 Å². The number of ether oxygens (including phenoxy) is 1. The summed E-state index contributed by atoms with van der Waals surface area (Å²) in [6.45, 7) is 1.05. The van der Waals surface area contributed by atoms with Crippen molar-refractivity contribution in [1.29, 1.82) is 0 Å². The van der Waals surface area contributed by atoms with Gasteiger partial charge in [0.05, 0.1) is 10.6 Å². The molecule has 27 heavy (non-hydrogen) atoms. The summed E-state index contributed by atoms with van der Waals surface area (Å²) >= 11 is 0. The minimum atomic E-state index is -3.64. The number of para-hydroxylation sites is 1. The van der Waals surface area contributed by atoms with Gasteiger partial charge in [-0.3, -0.25) is 9.10 Å². The highest BCUT2D eigenvalue weighted by molar-refractivity contribution is 7.92. The van der Waals surface area contributed by atoms with Crippen LogP contribution in [0.5, 0.6) is 0 Å². The lowest BCUT2D eigenvalue weighted by molar-refractivity contribution is -0.125. The molecule has 1 saturated heterocycles. The Morgan fingerprint density at radius 1 is 1.04 bits per heavy atom. The number of rotatable bonds is 4. The molecule has 1 amide bonds. The molecule has 1 unspecified atom stereocenters. The zero-order valence-electron chi connectivity index (χ0n) is 15.2. The Hall–Kier alpha value is -2.38. The van der Waals surface area contributed by atoms with Gasteiger partial charge >= 0.3 is 0 Å². The third-order valence-electron chi connectivity index (χ3n) is 5.24. The van der Waals surface area contributed by atoms with Gasteiger partial charge in [-0.1, -0.05) is 18.2 Å². The highest BCUT2D eigenvalue weighted by Gasteiger charge is 2.33. The van der Waals surface area contributed by atoms with Gasteiger partial charge in [0, 0.05) is 32.3 Å². The summed E-state index contributed by atoms with van der Waals surface area (Å²) in [5.41, 5.74) is 2.50. The fraction of sp³-hybridized carbons (Fsp3) is 0.350. The van der Waals surface area contributed by atoms with E-state index in [4.69, 9.17) is 4.74 Å². The van der Waals surface area contributed by atoms with Crippen LogP contribution in [-0.2, 0) is 26.0 Å². The van der Waals surface area contributed by atoms with Gasteiger partial charge in [0.15, 0.2) is 0 Å². The van der Waals surface area contributed by atoms with Crippen LogP contribution < -0.4 is 9.21 Å². The van der Waals surface area contributed by atoms with Crippen LogP contribution in [0.25, 0.3) is 0 Å². The van der Waals surface area contributed by atoms with E-state index in [1.807, 2.05) is 24.3 Å². The lowest BCUT2D eigenvalue weighted by Gasteiger charge is -2.30. The molecule has 6 nitrogen and oxygen atoms in total. The Bertz CT molecular complexity index is 956. The number of hydrogen-bond donors (Lipinski definition) is 0. The summed E-state index contributed by atoms with van der Waals surface area (Å²) in [4.78, 5) is 14.2. The van der Waals surface area contributed by atoms with Crippen molar-refractivity contribution in [3.05, 3.63) is 54.1 Å². The monoisotopic (exact) mass is 386 g/mol. The van der Waals surface area contributed by atoms with Crippen molar-refractivity contribution >= 4 is 27.3 Å². The molecular formula is C20H22N2O4S. The molecule has 7 heteroatoms. The van der Waals surface area contributed by atoms with Crippen LogP contribution in [0, 0.1) is 0 Å². The van der Waals surface area contributed by atoms with Crippen molar-refractivity contribution in [3.63, 3.8) is 0 Å². The number of carbonyl (C=O) groups is 1. The van der Waals surface area contributed by atoms with Crippen LogP contribution in [0.15, 0.2) is 53.4 Å². The molecule has 0 aromatic heterocycles. The summed E-state index contributed by atoms with van der Waals surface area (Å²) in [5.74, 6) is -0.0851. The first kappa shape index (κ1) is 18.0. The third-order valence-corrected chi connectivity index (χ3v) is 7.07. The summed E-state index contributed by atoms with van der Waals surface area (Å²) in [6.07, 6.45) is 1.91. The predicted molar refractivity (Wildman–Crippen MR) is 104 cm³/mol. The highest BCUT2D eigenvalue weighted by atomic mass is 32.2. The van der Waals surface area contributed by atoms with Gasteiger partial charge in [0.25, 0.3) is 15.9 Å². The van der Waals surface area contributed by atoms with Crippen molar-refractivity contribution in [2.45, 2.75) is 30.3 Å². The topological polar surface area (TPSA) is 66.9 Å². The quantitative estimate of drug-likeness (QED) is 0.810. The Labute approximate surface area is 159 Å². The zero-order chi connectivity index (χ0) is 19.0. The predicted octanol–water partition coefficient (Wildman–Crippen LogP) is 2.58. The smallest absolute Gasteiger partial charge is 0.264 e. The normalized spacial score (nSPS) is 20.0. The van der Waals surface area contributed by atoms with E-state index in [0.29, 0.717) is 25.2 Å². The molecule has 0 radical (unpaired) electrons. The Morgan fingerprint density at radius 2 is 1.78 bits per heavy atom. The molecule has 0 aliphatic carbocycles. The molecule has 2 heterocycles. The summed E-state index contributed by atoms with van der Waals surface area (Å²) in [6, 6.07) is 14.2. The van der Waals surface area contributed by atoms with Crippen molar-refractivity contribution in [2.24, 2.45) is 0 Å². The van der Waals surface area contributed by atoms with Crippen LogP contribution in [0.1, 0.15) is 18.4 Å².